The van der Waals surface area contributed by atoms with E-state index in [1.54, 1.807) is 0 Å². The molecule has 6 nitrogen and oxygen atoms in total. The molecule has 0 bridgehead atoms. The Morgan fingerprint density at radius 2 is 0.522 bits per heavy atom. The van der Waals surface area contributed by atoms with E-state index in [4.69, 9.17) is 14.2 Å². The van der Waals surface area contributed by atoms with Crippen molar-refractivity contribution in [2.75, 3.05) is 13.2 Å². The van der Waals surface area contributed by atoms with Gasteiger partial charge in [-0.3, -0.25) is 14.4 Å². The number of rotatable bonds is 54. The minimum atomic E-state index is -0.783. The average molecular weight is 966 g/mol. The standard InChI is InChI=1S/C63H112O6/c1-4-7-10-13-16-19-22-25-28-30-31-33-35-38-41-44-47-50-53-56-62(65)68-59-60(58-67-61(64)55-52-49-46-43-40-37-34-27-24-21-18-15-12-9-6-3)69-63(66)57-54-51-48-45-42-39-36-32-29-26-23-20-17-14-11-8-5-2/h16-17,19-20,25-26,28-29,31,33,60H,4-15,18,21-24,27,30,32,34-59H2,1-3H3/b19-16-,20-17-,28-25-,29-26-,33-31-. The third kappa shape index (κ3) is 55.9. The highest BCUT2D eigenvalue weighted by Gasteiger charge is 2.19. The SMILES string of the molecule is CCCCC/C=C\C/C=C\C/C=C\CCCCCCCCC(=O)OCC(COC(=O)CCCCCCCCCCCCCCCCC)OC(=O)CCCCCCCCC/C=C\C/C=C\CCCCC. The highest BCUT2D eigenvalue weighted by molar-refractivity contribution is 5.71. The first-order valence-electron chi connectivity index (χ1n) is 29.8. The first-order chi connectivity index (χ1) is 34.0. The van der Waals surface area contributed by atoms with Crippen LogP contribution in [0.5, 0.6) is 0 Å². The summed E-state index contributed by atoms with van der Waals surface area (Å²) in [4.78, 5) is 38.2. The number of hydrogen-bond donors (Lipinski definition) is 0. The van der Waals surface area contributed by atoms with Crippen LogP contribution < -0.4 is 0 Å². The van der Waals surface area contributed by atoms with Crippen LogP contribution in [0.25, 0.3) is 0 Å². The number of hydrogen-bond acceptors (Lipinski definition) is 6. The van der Waals surface area contributed by atoms with Crippen LogP contribution in [0, 0.1) is 0 Å². The molecule has 400 valence electrons. The summed E-state index contributed by atoms with van der Waals surface area (Å²) in [5.74, 6) is -0.886. The number of carbonyl (C=O) groups excluding carboxylic acids is 3. The second kappa shape index (κ2) is 57.7. The fourth-order valence-corrected chi connectivity index (χ4v) is 8.48. The molecule has 0 aromatic heterocycles. The van der Waals surface area contributed by atoms with E-state index in [0.717, 1.165) is 89.9 Å². The molecule has 0 radical (unpaired) electrons. The monoisotopic (exact) mass is 965 g/mol. The van der Waals surface area contributed by atoms with Gasteiger partial charge in [-0.2, -0.15) is 0 Å². The maximum absolute atomic E-state index is 12.9. The molecule has 0 aliphatic heterocycles. The molecule has 0 aliphatic carbocycles. The van der Waals surface area contributed by atoms with Crippen LogP contribution in [-0.4, -0.2) is 37.2 Å². The van der Waals surface area contributed by atoms with E-state index in [2.05, 4.69) is 81.5 Å². The molecule has 0 aromatic carbocycles. The van der Waals surface area contributed by atoms with Gasteiger partial charge in [-0.25, -0.2) is 0 Å². The zero-order valence-electron chi connectivity index (χ0n) is 45.8. The fourth-order valence-electron chi connectivity index (χ4n) is 8.48. The van der Waals surface area contributed by atoms with Crippen LogP contribution in [-0.2, 0) is 28.6 Å². The van der Waals surface area contributed by atoms with Gasteiger partial charge < -0.3 is 14.2 Å². The molecule has 0 saturated carbocycles. The van der Waals surface area contributed by atoms with E-state index in [0.29, 0.717) is 19.3 Å². The van der Waals surface area contributed by atoms with E-state index in [-0.39, 0.29) is 31.1 Å². The Balaban J connectivity index is 4.39. The minimum absolute atomic E-state index is 0.0791. The molecule has 0 N–H and O–H groups in total. The first kappa shape index (κ1) is 66.1. The molecule has 0 amide bonds. The lowest BCUT2D eigenvalue weighted by atomic mass is 10.0. The number of ether oxygens (including phenoxy) is 3. The predicted octanol–water partition coefficient (Wildman–Crippen LogP) is 20.0. The molecule has 6 heteroatoms. The topological polar surface area (TPSA) is 78.9 Å². The van der Waals surface area contributed by atoms with Crippen molar-refractivity contribution in [2.24, 2.45) is 0 Å². The Bertz CT molecular complexity index is 1250. The van der Waals surface area contributed by atoms with Crippen LogP contribution in [0.1, 0.15) is 303 Å². The first-order valence-corrected chi connectivity index (χ1v) is 29.8. The zero-order valence-corrected chi connectivity index (χ0v) is 45.8. The van der Waals surface area contributed by atoms with Gasteiger partial charge in [0.25, 0.3) is 0 Å². The number of carbonyl (C=O) groups is 3. The van der Waals surface area contributed by atoms with Crippen LogP contribution >= 0.6 is 0 Å². The lowest BCUT2D eigenvalue weighted by Gasteiger charge is -2.18. The zero-order chi connectivity index (χ0) is 50.0. The summed E-state index contributed by atoms with van der Waals surface area (Å²) in [6.45, 7) is 6.60. The Morgan fingerprint density at radius 3 is 0.841 bits per heavy atom. The lowest BCUT2D eigenvalue weighted by molar-refractivity contribution is -0.167. The van der Waals surface area contributed by atoms with Gasteiger partial charge in [0.1, 0.15) is 13.2 Å². The summed E-state index contributed by atoms with van der Waals surface area (Å²) < 4.78 is 16.9. The van der Waals surface area contributed by atoms with Crippen LogP contribution in [0.2, 0.25) is 0 Å². The van der Waals surface area contributed by atoms with E-state index < -0.39 is 6.10 Å². The van der Waals surface area contributed by atoms with Crippen molar-refractivity contribution >= 4 is 17.9 Å². The van der Waals surface area contributed by atoms with Crippen LogP contribution in [0.15, 0.2) is 60.8 Å². The van der Waals surface area contributed by atoms with Crippen molar-refractivity contribution in [3.63, 3.8) is 0 Å². The molecule has 0 saturated heterocycles. The summed E-state index contributed by atoms with van der Waals surface area (Å²) in [6, 6.07) is 0. The maximum Gasteiger partial charge on any atom is 0.306 e. The second-order valence-electron chi connectivity index (χ2n) is 19.9. The Hall–Kier alpha value is -2.89. The maximum atomic E-state index is 12.9. The molecule has 0 fully saturated rings. The summed E-state index contributed by atoms with van der Waals surface area (Å²) >= 11 is 0. The van der Waals surface area contributed by atoms with Gasteiger partial charge in [0.05, 0.1) is 0 Å². The highest BCUT2D eigenvalue weighted by atomic mass is 16.6. The molecular weight excluding hydrogens is 853 g/mol. The quantitative estimate of drug-likeness (QED) is 0.0262. The van der Waals surface area contributed by atoms with Crippen molar-refractivity contribution in [3.05, 3.63) is 60.8 Å². The van der Waals surface area contributed by atoms with Crippen molar-refractivity contribution in [3.8, 4) is 0 Å². The van der Waals surface area contributed by atoms with Gasteiger partial charge in [0.2, 0.25) is 0 Å². The van der Waals surface area contributed by atoms with E-state index in [1.165, 1.54) is 173 Å². The van der Waals surface area contributed by atoms with E-state index >= 15 is 0 Å². The fraction of sp³-hybridized carbons (Fsp3) is 0.794. The second-order valence-corrected chi connectivity index (χ2v) is 19.9. The third-order valence-corrected chi connectivity index (χ3v) is 13.0. The Morgan fingerprint density at radius 1 is 0.290 bits per heavy atom. The number of allylic oxidation sites excluding steroid dienone is 10. The van der Waals surface area contributed by atoms with Gasteiger partial charge >= 0.3 is 17.9 Å². The molecule has 1 unspecified atom stereocenters. The van der Waals surface area contributed by atoms with Gasteiger partial charge in [-0.1, -0.05) is 255 Å². The van der Waals surface area contributed by atoms with Crippen molar-refractivity contribution in [2.45, 2.75) is 309 Å². The lowest BCUT2D eigenvalue weighted by Crippen LogP contribution is -2.30. The molecule has 0 heterocycles. The van der Waals surface area contributed by atoms with Crippen molar-refractivity contribution < 1.29 is 28.6 Å². The molecule has 0 aliphatic rings. The average Bonchev–Trinajstić information content (AvgIpc) is 3.35. The largest absolute Gasteiger partial charge is 0.462 e. The Kier molecular flexibility index (Phi) is 55.3. The summed E-state index contributed by atoms with van der Waals surface area (Å²) in [6.07, 6.45) is 72.0. The highest BCUT2D eigenvalue weighted by Crippen LogP contribution is 2.16. The molecule has 0 aromatic rings. The minimum Gasteiger partial charge on any atom is -0.462 e. The van der Waals surface area contributed by atoms with Crippen LogP contribution in [0.4, 0.5) is 0 Å². The smallest absolute Gasteiger partial charge is 0.306 e. The van der Waals surface area contributed by atoms with Gasteiger partial charge in [0, 0.05) is 19.3 Å². The van der Waals surface area contributed by atoms with Crippen molar-refractivity contribution in [1.82, 2.24) is 0 Å². The Labute approximate surface area is 428 Å². The van der Waals surface area contributed by atoms with Crippen LogP contribution in [0.3, 0.4) is 0 Å². The molecule has 69 heavy (non-hydrogen) atoms. The summed E-state index contributed by atoms with van der Waals surface area (Å²) in [5.41, 5.74) is 0. The molecule has 1 atom stereocenters. The van der Waals surface area contributed by atoms with E-state index in [9.17, 15) is 14.4 Å². The number of esters is 3. The number of unbranched alkanes of at least 4 members (excludes halogenated alkanes) is 33. The van der Waals surface area contributed by atoms with Crippen molar-refractivity contribution in [1.29, 1.82) is 0 Å². The van der Waals surface area contributed by atoms with E-state index in [1.807, 2.05) is 0 Å². The van der Waals surface area contributed by atoms with Gasteiger partial charge in [0.15, 0.2) is 6.10 Å². The normalized spacial score (nSPS) is 12.4. The predicted molar refractivity (Wildman–Crippen MR) is 298 cm³/mol. The molecular formula is C63H112O6. The van der Waals surface area contributed by atoms with Gasteiger partial charge in [-0.05, 0) is 89.9 Å². The molecule has 0 spiro atoms. The third-order valence-electron chi connectivity index (χ3n) is 13.0. The van der Waals surface area contributed by atoms with Gasteiger partial charge in [-0.15, -0.1) is 0 Å². The summed E-state index contributed by atoms with van der Waals surface area (Å²) in [5, 5.41) is 0. The molecule has 0 rings (SSSR count). The summed E-state index contributed by atoms with van der Waals surface area (Å²) in [7, 11) is 0.